The van der Waals surface area contributed by atoms with Gasteiger partial charge in [0.05, 0.1) is 22.8 Å². The molecule has 2 nitrogen and oxygen atoms in total. The van der Waals surface area contributed by atoms with Crippen LogP contribution in [0, 0.1) is 0 Å². The summed E-state index contributed by atoms with van der Waals surface area (Å²) in [5, 5.41) is 19.1. The van der Waals surface area contributed by atoms with E-state index in [0.717, 1.165) is 45.0 Å². The summed E-state index contributed by atoms with van der Waals surface area (Å²) in [6.07, 6.45) is 17.6. The molecule has 13 aromatic rings. The van der Waals surface area contributed by atoms with Crippen LogP contribution in [0.3, 0.4) is 0 Å². The molecular formula is C68H44N2. The molecule has 326 valence electrons. The van der Waals surface area contributed by atoms with Crippen LogP contribution in [0.15, 0.2) is 218 Å². The summed E-state index contributed by atoms with van der Waals surface area (Å²) in [7, 11) is 0. The lowest BCUT2D eigenvalue weighted by Crippen LogP contribution is -2.00. The predicted octanol–water partition coefficient (Wildman–Crippen LogP) is 18.4. The van der Waals surface area contributed by atoms with Gasteiger partial charge in [-0.25, -0.2) is 9.97 Å². The first-order valence-electron chi connectivity index (χ1n) is 24.0. The molecule has 0 aliphatic rings. The molecule has 0 bridgehead atoms. The van der Waals surface area contributed by atoms with Crippen molar-refractivity contribution in [1.29, 1.82) is 0 Å². The molecule has 0 fully saturated rings. The molecule has 70 heavy (non-hydrogen) atoms. The van der Waals surface area contributed by atoms with Crippen molar-refractivity contribution < 1.29 is 0 Å². The molecule has 0 spiro atoms. The minimum atomic E-state index is 0.771. The molecule has 0 aliphatic carbocycles. The van der Waals surface area contributed by atoms with Crippen LogP contribution in [0.4, 0.5) is 0 Å². The Labute approximate surface area is 406 Å². The van der Waals surface area contributed by atoms with Crippen LogP contribution in [0.2, 0.25) is 0 Å². The maximum absolute atomic E-state index is 5.66. The third kappa shape index (κ3) is 7.40. The van der Waals surface area contributed by atoms with Gasteiger partial charge in [0, 0.05) is 0 Å². The fourth-order valence-electron chi connectivity index (χ4n) is 10.5. The largest absolute Gasteiger partial charge is 0.245 e. The van der Waals surface area contributed by atoms with E-state index >= 15 is 0 Å². The molecule has 0 N–H and O–H groups in total. The summed E-state index contributed by atoms with van der Waals surface area (Å²) >= 11 is 0. The van der Waals surface area contributed by atoms with Gasteiger partial charge < -0.3 is 0 Å². The zero-order valence-corrected chi connectivity index (χ0v) is 38.3. The average molecular weight is 889 g/mol. The summed E-state index contributed by atoms with van der Waals surface area (Å²) in [5.74, 6) is 0. The molecule has 1 heterocycles. The lowest BCUT2D eigenvalue weighted by molar-refractivity contribution is 1.12. The monoisotopic (exact) mass is 888 g/mol. The Bertz CT molecular complexity index is 3580. The van der Waals surface area contributed by atoms with Crippen molar-refractivity contribution in [3.63, 3.8) is 0 Å². The first-order valence-corrected chi connectivity index (χ1v) is 24.0. The Hall–Kier alpha value is -9.24. The van der Waals surface area contributed by atoms with Crippen molar-refractivity contribution in [1.82, 2.24) is 9.97 Å². The molecule has 0 atom stereocenters. The van der Waals surface area contributed by atoms with E-state index in [1.54, 1.807) is 0 Å². The van der Waals surface area contributed by atoms with Crippen LogP contribution < -0.4 is 0 Å². The van der Waals surface area contributed by atoms with E-state index in [4.69, 9.17) is 9.97 Å². The Morgan fingerprint density at radius 1 is 0.186 bits per heavy atom. The van der Waals surface area contributed by atoms with E-state index < -0.39 is 0 Å². The van der Waals surface area contributed by atoms with Crippen LogP contribution in [-0.2, 0) is 0 Å². The average Bonchev–Trinajstić information content (AvgIpc) is 3.41. The molecule has 12 aromatic carbocycles. The third-order valence-corrected chi connectivity index (χ3v) is 13.9. The Kier molecular flexibility index (Phi) is 10.2. The van der Waals surface area contributed by atoms with E-state index in [-0.39, 0.29) is 0 Å². The van der Waals surface area contributed by atoms with Crippen LogP contribution in [0.25, 0.3) is 135 Å². The number of nitrogens with zero attached hydrogens (tertiary/aromatic N) is 2. The van der Waals surface area contributed by atoms with Gasteiger partial charge in [0.1, 0.15) is 0 Å². The number of benzene rings is 12. The minimum Gasteiger partial charge on any atom is -0.245 e. The summed E-state index contributed by atoms with van der Waals surface area (Å²) < 4.78 is 0. The van der Waals surface area contributed by atoms with E-state index in [1.165, 1.54) is 86.2 Å². The smallest absolute Gasteiger partial charge is 0.0894 e. The normalized spacial score (nSPS) is 12.3. The highest BCUT2D eigenvalue weighted by molar-refractivity contribution is 6.12. The van der Waals surface area contributed by atoms with Gasteiger partial charge in [0.25, 0.3) is 0 Å². The Morgan fingerprint density at radius 2 is 0.343 bits per heavy atom. The highest BCUT2D eigenvalue weighted by atomic mass is 14.8. The highest BCUT2D eigenvalue weighted by Crippen LogP contribution is 2.35. The van der Waals surface area contributed by atoms with Gasteiger partial charge in [-0.2, -0.15) is 0 Å². The zero-order valence-electron chi connectivity index (χ0n) is 38.3. The fourth-order valence-corrected chi connectivity index (χ4v) is 10.5. The van der Waals surface area contributed by atoms with E-state index in [1.807, 2.05) is 0 Å². The molecule has 0 saturated heterocycles. The first-order chi connectivity index (χ1) is 34.7. The zero-order chi connectivity index (χ0) is 46.4. The summed E-state index contributed by atoms with van der Waals surface area (Å²) in [5.41, 5.74) is 7.68. The maximum atomic E-state index is 5.66. The number of rotatable bonds is 8. The van der Waals surface area contributed by atoms with Gasteiger partial charge in [-0.15, -0.1) is 0 Å². The van der Waals surface area contributed by atoms with E-state index in [0.29, 0.717) is 0 Å². The summed E-state index contributed by atoms with van der Waals surface area (Å²) in [4.78, 5) is 11.3. The second-order valence-corrected chi connectivity index (χ2v) is 18.0. The number of hydrogen-bond acceptors (Lipinski definition) is 2. The number of hydrogen-bond donors (Lipinski definition) is 0. The summed E-state index contributed by atoms with van der Waals surface area (Å²) in [6.45, 7) is 0. The highest BCUT2D eigenvalue weighted by Gasteiger charge is 2.14. The molecular weight excluding hydrogens is 845 g/mol. The molecule has 0 aliphatic heterocycles. The van der Waals surface area contributed by atoms with Crippen molar-refractivity contribution in [3.8, 4) is 0 Å². The summed E-state index contributed by atoms with van der Waals surface area (Å²) in [6, 6.07) is 78.3. The quantitative estimate of drug-likeness (QED) is 0.142. The van der Waals surface area contributed by atoms with Gasteiger partial charge in [0.15, 0.2) is 0 Å². The van der Waals surface area contributed by atoms with Crippen LogP contribution in [-0.4, -0.2) is 9.97 Å². The Morgan fingerprint density at radius 3 is 0.514 bits per heavy atom. The first kappa shape index (κ1) is 41.0. The van der Waals surface area contributed by atoms with Crippen molar-refractivity contribution >= 4 is 135 Å². The van der Waals surface area contributed by atoms with E-state index in [2.05, 4.69) is 267 Å². The molecule has 13 rings (SSSR count). The predicted molar refractivity (Wildman–Crippen MR) is 304 cm³/mol. The van der Waals surface area contributed by atoms with Gasteiger partial charge in [-0.05, 0) is 157 Å². The topological polar surface area (TPSA) is 25.8 Å². The van der Waals surface area contributed by atoms with Crippen LogP contribution >= 0.6 is 0 Å². The lowest BCUT2D eigenvalue weighted by atomic mass is 9.95. The van der Waals surface area contributed by atoms with Gasteiger partial charge in [-0.1, -0.05) is 218 Å². The molecule has 0 unspecified atom stereocenters. The van der Waals surface area contributed by atoms with Crippen molar-refractivity contribution in [2.24, 2.45) is 0 Å². The second kappa shape index (κ2) is 17.4. The maximum Gasteiger partial charge on any atom is 0.0894 e. The minimum absolute atomic E-state index is 0.771. The lowest BCUT2D eigenvalue weighted by Gasteiger charge is -2.12. The Balaban J connectivity index is 1.07. The molecule has 0 amide bonds. The van der Waals surface area contributed by atoms with Crippen LogP contribution in [0.5, 0.6) is 0 Å². The van der Waals surface area contributed by atoms with Crippen LogP contribution in [0.1, 0.15) is 45.0 Å². The second-order valence-electron chi connectivity index (χ2n) is 18.0. The number of aromatic nitrogens is 2. The standard InChI is InChI=1S/C68H44N2/c1-9-25-53-45(17-1)41-46-18-2-10-26-54(46)61(53)33-37-65-66(38-34-62-55-27-11-3-19-47(55)42-48-20-4-12-28-56(48)62)70-68(40-36-64-59-31-15-7-23-51(59)44-52-24-8-16-32-60(52)64)67(69-65)39-35-63-57-29-13-5-21-49(57)43-50-22-6-14-30-58(50)63/h1-44H. The fraction of sp³-hybridized carbons (Fsp3) is 0. The molecule has 1 aromatic heterocycles. The number of fused-ring (bicyclic) bond motifs is 8. The van der Waals surface area contributed by atoms with Crippen molar-refractivity contribution in [2.75, 3.05) is 0 Å². The SMILES string of the molecule is C(=Cc1c2ccccc2cc2ccccc12)c1nc(C=Cc2c3ccccc3cc3ccccc23)c(C=Cc2c3ccccc3cc3ccccc23)nc1C=Cc1c2ccccc2cc2ccccc12. The molecule has 2 heteroatoms. The third-order valence-electron chi connectivity index (χ3n) is 13.9. The van der Waals surface area contributed by atoms with Gasteiger partial charge >= 0.3 is 0 Å². The van der Waals surface area contributed by atoms with Gasteiger partial charge in [-0.3, -0.25) is 0 Å². The van der Waals surface area contributed by atoms with E-state index in [9.17, 15) is 0 Å². The van der Waals surface area contributed by atoms with Crippen molar-refractivity contribution in [2.45, 2.75) is 0 Å². The van der Waals surface area contributed by atoms with Crippen molar-refractivity contribution in [3.05, 3.63) is 263 Å². The van der Waals surface area contributed by atoms with Gasteiger partial charge in [0.2, 0.25) is 0 Å². The molecule has 0 saturated carbocycles. The molecule has 0 radical (unpaired) electrons.